The monoisotopic (exact) mass is 404 g/mol. The van der Waals surface area contributed by atoms with E-state index in [0.717, 1.165) is 18.2 Å². The fourth-order valence-electron chi connectivity index (χ4n) is 1.54. The summed E-state index contributed by atoms with van der Waals surface area (Å²) < 4.78 is 117. The topological polar surface area (TPSA) is 9.23 Å². The van der Waals surface area contributed by atoms with Gasteiger partial charge >= 0.3 is 18.5 Å². The summed E-state index contributed by atoms with van der Waals surface area (Å²) in [5.41, 5.74) is 0. The average molecular weight is 405 g/mol. The molecule has 11 heteroatoms. The maximum absolute atomic E-state index is 12.7. The lowest BCUT2D eigenvalue weighted by Crippen LogP contribution is -2.53. The Labute approximate surface area is 126 Å². The normalized spacial score (nSPS) is 15.0. The highest BCUT2D eigenvalue weighted by atomic mass is 79.9. The second-order valence-electron chi connectivity index (χ2n) is 4.10. The average Bonchev–Trinajstić information content (AvgIpc) is 2.22. The van der Waals surface area contributed by atoms with Crippen LogP contribution < -0.4 is 4.74 Å². The van der Waals surface area contributed by atoms with Crippen molar-refractivity contribution in [3.05, 3.63) is 28.7 Å². The standard InChI is InChI=1S/C11H6BrF9O/c12-5-2-1-3-6(4-5)22-8(11(19,20)21)7(9(13,14)15)10(16,17)18/h1-4,7-8H. The van der Waals surface area contributed by atoms with Gasteiger partial charge in [0.25, 0.3) is 0 Å². The van der Waals surface area contributed by atoms with Crippen LogP contribution in [-0.2, 0) is 0 Å². The summed E-state index contributed by atoms with van der Waals surface area (Å²) in [7, 11) is 0. The number of benzene rings is 1. The molecule has 0 fully saturated rings. The highest BCUT2D eigenvalue weighted by Gasteiger charge is 2.68. The van der Waals surface area contributed by atoms with E-state index in [4.69, 9.17) is 0 Å². The number of rotatable bonds is 3. The molecule has 0 N–H and O–H groups in total. The molecule has 0 saturated carbocycles. The Kier molecular flexibility index (Phi) is 5.30. The Morgan fingerprint density at radius 2 is 1.32 bits per heavy atom. The van der Waals surface area contributed by atoms with E-state index in [9.17, 15) is 39.5 Å². The minimum absolute atomic E-state index is 0.126. The number of hydrogen-bond acceptors (Lipinski definition) is 1. The summed E-state index contributed by atoms with van der Waals surface area (Å²) in [5.74, 6) is -5.48. The summed E-state index contributed by atoms with van der Waals surface area (Å²) in [5, 5.41) is 0. The van der Waals surface area contributed by atoms with Crippen molar-refractivity contribution in [3.63, 3.8) is 0 Å². The van der Waals surface area contributed by atoms with E-state index >= 15 is 0 Å². The minimum Gasteiger partial charge on any atom is -0.480 e. The van der Waals surface area contributed by atoms with E-state index in [2.05, 4.69) is 20.7 Å². The van der Waals surface area contributed by atoms with Gasteiger partial charge in [-0.25, -0.2) is 0 Å². The predicted molar refractivity (Wildman–Crippen MR) is 60.2 cm³/mol. The lowest BCUT2D eigenvalue weighted by molar-refractivity contribution is -0.340. The molecular formula is C11H6BrF9O. The first kappa shape index (κ1) is 18.9. The van der Waals surface area contributed by atoms with Gasteiger partial charge < -0.3 is 4.74 Å². The van der Waals surface area contributed by atoms with Crippen LogP contribution in [-0.4, -0.2) is 24.6 Å². The summed E-state index contributed by atoms with van der Waals surface area (Å²) in [6.07, 6.45) is -22.3. The van der Waals surface area contributed by atoms with Crippen LogP contribution in [0.2, 0.25) is 0 Å². The van der Waals surface area contributed by atoms with Gasteiger partial charge in [-0.1, -0.05) is 22.0 Å². The number of hydrogen-bond donors (Lipinski definition) is 0. The smallest absolute Gasteiger partial charge is 0.426 e. The van der Waals surface area contributed by atoms with Crippen LogP contribution in [0, 0.1) is 5.92 Å². The number of alkyl halides is 9. The van der Waals surface area contributed by atoms with E-state index in [1.165, 1.54) is 6.07 Å². The molecule has 1 nitrogen and oxygen atoms in total. The Morgan fingerprint density at radius 1 is 0.818 bits per heavy atom. The van der Waals surface area contributed by atoms with E-state index in [0.29, 0.717) is 0 Å². The largest absolute Gasteiger partial charge is 0.480 e. The Bertz CT molecular complexity index is 492. The molecule has 0 amide bonds. The van der Waals surface area contributed by atoms with Crippen LogP contribution in [0.1, 0.15) is 0 Å². The molecule has 1 rings (SSSR count). The molecule has 0 radical (unpaired) electrons. The lowest BCUT2D eigenvalue weighted by Gasteiger charge is -2.32. The van der Waals surface area contributed by atoms with Crippen molar-refractivity contribution in [3.8, 4) is 5.75 Å². The van der Waals surface area contributed by atoms with Crippen molar-refractivity contribution in [1.82, 2.24) is 0 Å². The first-order chi connectivity index (χ1) is 9.73. The Balaban J connectivity index is 3.27. The van der Waals surface area contributed by atoms with Crippen LogP contribution in [0.3, 0.4) is 0 Å². The summed E-state index contributed by atoms with van der Waals surface area (Å²) in [4.78, 5) is 0. The summed E-state index contributed by atoms with van der Waals surface area (Å²) in [6, 6.07) is 4.04. The van der Waals surface area contributed by atoms with E-state index in [1.54, 1.807) is 0 Å². The highest BCUT2D eigenvalue weighted by molar-refractivity contribution is 9.10. The zero-order valence-corrected chi connectivity index (χ0v) is 11.7. The number of ether oxygens (including phenoxy) is 1. The van der Waals surface area contributed by atoms with Crippen molar-refractivity contribution in [2.45, 2.75) is 24.6 Å². The van der Waals surface area contributed by atoms with Crippen molar-refractivity contribution >= 4 is 15.9 Å². The van der Waals surface area contributed by atoms with Gasteiger partial charge in [0.15, 0.2) is 5.92 Å². The molecule has 0 aromatic heterocycles. The van der Waals surface area contributed by atoms with Crippen LogP contribution in [0.5, 0.6) is 5.75 Å². The molecule has 0 heterocycles. The number of halogens is 10. The molecule has 1 aromatic carbocycles. The molecular weight excluding hydrogens is 399 g/mol. The van der Waals surface area contributed by atoms with Crippen LogP contribution in [0.25, 0.3) is 0 Å². The van der Waals surface area contributed by atoms with Crippen molar-refractivity contribution in [2.24, 2.45) is 5.92 Å². The molecule has 0 aliphatic rings. The van der Waals surface area contributed by atoms with Crippen LogP contribution in [0.4, 0.5) is 39.5 Å². The van der Waals surface area contributed by atoms with Crippen LogP contribution in [0.15, 0.2) is 28.7 Å². The van der Waals surface area contributed by atoms with Gasteiger partial charge in [0.2, 0.25) is 6.10 Å². The van der Waals surface area contributed by atoms with Gasteiger partial charge in [0.05, 0.1) is 0 Å². The van der Waals surface area contributed by atoms with Gasteiger partial charge in [0.1, 0.15) is 5.75 Å². The third-order valence-electron chi connectivity index (χ3n) is 2.39. The molecule has 0 aliphatic carbocycles. The summed E-state index contributed by atoms with van der Waals surface area (Å²) in [6.45, 7) is 0. The second-order valence-corrected chi connectivity index (χ2v) is 5.01. The zero-order valence-electron chi connectivity index (χ0n) is 10.2. The van der Waals surface area contributed by atoms with Gasteiger partial charge in [-0.15, -0.1) is 0 Å². The first-order valence-electron chi connectivity index (χ1n) is 5.35. The maximum atomic E-state index is 12.7. The van der Waals surface area contributed by atoms with Crippen molar-refractivity contribution in [1.29, 1.82) is 0 Å². The summed E-state index contributed by atoms with van der Waals surface area (Å²) >= 11 is 2.81. The molecule has 0 spiro atoms. The fraction of sp³-hybridized carbons (Fsp3) is 0.455. The molecule has 0 aliphatic heterocycles. The van der Waals surface area contributed by atoms with Gasteiger partial charge in [-0.3, -0.25) is 0 Å². The quantitative estimate of drug-likeness (QED) is 0.604. The van der Waals surface area contributed by atoms with Crippen molar-refractivity contribution in [2.75, 3.05) is 0 Å². The SMILES string of the molecule is FC(F)(F)C(Oc1cccc(Br)c1)C(C(F)(F)F)C(F)(F)F. The molecule has 1 aromatic rings. The van der Waals surface area contributed by atoms with Crippen LogP contribution >= 0.6 is 15.9 Å². The van der Waals surface area contributed by atoms with E-state index in [-0.39, 0.29) is 4.47 Å². The molecule has 0 saturated heterocycles. The molecule has 22 heavy (non-hydrogen) atoms. The second kappa shape index (κ2) is 6.17. The van der Waals surface area contributed by atoms with E-state index < -0.39 is 36.3 Å². The first-order valence-corrected chi connectivity index (χ1v) is 6.14. The third kappa shape index (κ3) is 4.96. The Hall–Kier alpha value is -1.13. The molecule has 0 bridgehead atoms. The lowest BCUT2D eigenvalue weighted by atomic mass is 10.0. The van der Waals surface area contributed by atoms with Gasteiger partial charge in [-0.2, -0.15) is 39.5 Å². The maximum Gasteiger partial charge on any atom is 0.426 e. The molecule has 1 atom stereocenters. The zero-order chi connectivity index (χ0) is 17.3. The minimum atomic E-state index is -6.18. The Morgan fingerprint density at radius 3 is 1.68 bits per heavy atom. The molecule has 1 unspecified atom stereocenters. The van der Waals surface area contributed by atoms with Gasteiger partial charge in [0, 0.05) is 4.47 Å². The van der Waals surface area contributed by atoms with Crippen molar-refractivity contribution < 1.29 is 44.3 Å². The highest BCUT2D eigenvalue weighted by Crippen LogP contribution is 2.46. The predicted octanol–water partition coefficient (Wildman–Crippen LogP) is 5.50. The molecule has 126 valence electrons. The van der Waals surface area contributed by atoms with E-state index in [1.807, 2.05) is 0 Å². The fourth-order valence-corrected chi connectivity index (χ4v) is 1.92. The third-order valence-corrected chi connectivity index (χ3v) is 2.88. The van der Waals surface area contributed by atoms with Gasteiger partial charge in [-0.05, 0) is 18.2 Å².